The average Bonchev–Trinajstić information content (AvgIpc) is 2.49. The second-order valence-electron chi connectivity index (χ2n) is 4.87. The van der Waals surface area contributed by atoms with Crippen LogP contribution in [0.15, 0.2) is 53.4 Å². The highest BCUT2D eigenvalue weighted by molar-refractivity contribution is 7.98. The van der Waals surface area contributed by atoms with E-state index in [1.807, 2.05) is 61.7 Å². The smallest absolute Gasteiger partial charge is 0.252 e. The van der Waals surface area contributed by atoms with Crippen LogP contribution in [0.4, 0.5) is 0 Å². The third-order valence-electron chi connectivity index (χ3n) is 3.21. The molecule has 2 aromatic carbocycles. The second-order valence-corrected chi connectivity index (χ2v) is 6.13. The van der Waals surface area contributed by atoms with Gasteiger partial charge in [0.15, 0.2) is 0 Å². The van der Waals surface area contributed by atoms with Crippen molar-refractivity contribution in [2.75, 3.05) is 6.26 Å². The Morgan fingerprint density at radius 2 is 1.86 bits per heavy atom. The Morgan fingerprint density at radius 3 is 2.57 bits per heavy atom. The standard InChI is InChI=1S/C17H18ClNOS/c1-12(11-13-7-3-5-9-15(13)18)19-17(20)14-8-4-6-10-16(14)21-2/h3-10,12H,11H2,1-2H3,(H,19,20). The lowest BCUT2D eigenvalue weighted by Crippen LogP contribution is -2.34. The molecule has 1 N–H and O–H groups in total. The van der Waals surface area contributed by atoms with Crippen molar-refractivity contribution < 1.29 is 4.79 Å². The number of thioether (sulfide) groups is 1. The van der Waals surface area contributed by atoms with Gasteiger partial charge in [0, 0.05) is 16.0 Å². The molecule has 1 atom stereocenters. The van der Waals surface area contributed by atoms with E-state index in [0.717, 1.165) is 21.0 Å². The van der Waals surface area contributed by atoms with E-state index >= 15 is 0 Å². The molecule has 0 aliphatic heterocycles. The van der Waals surface area contributed by atoms with Gasteiger partial charge in [-0.15, -0.1) is 11.8 Å². The van der Waals surface area contributed by atoms with Gasteiger partial charge in [0.05, 0.1) is 5.56 Å². The van der Waals surface area contributed by atoms with E-state index in [2.05, 4.69) is 5.32 Å². The quantitative estimate of drug-likeness (QED) is 0.826. The minimum absolute atomic E-state index is 0.0207. The van der Waals surface area contributed by atoms with Crippen LogP contribution in [0.5, 0.6) is 0 Å². The highest BCUT2D eigenvalue weighted by Gasteiger charge is 2.14. The number of carbonyl (C=O) groups excluding carboxylic acids is 1. The number of carbonyl (C=O) groups is 1. The van der Waals surface area contributed by atoms with Crippen molar-refractivity contribution in [2.24, 2.45) is 0 Å². The number of rotatable bonds is 5. The monoisotopic (exact) mass is 319 g/mol. The zero-order valence-electron chi connectivity index (χ0n) is 12.1. The van der Waals surface area contributed by atoms with Gasteiger partial charge in [-0.1, -0.05) is 41.9 Å². The summed E-state index contributed by atoms with van der Waals surface area (Å²) >= 11 is 7.73. The van der Waals surface area contributed by atoms with E-state index in [4.69, 9.17) is 11.6 Å². The molecule has 0 heterocycles. The van der Waals surface area contributed by atoms with Crippen molar-refractivity contribution in [1.29, 1.82) is 0 Å². The fraction of sp³-hybridized carbons (Fsp3) is 0.235. The molecule has 21 heavy (non-hydrogen) atoms. The Bertz CT molecular complexity index is 630. The average molecular weight is 320 g/mol. The third-order valence-corrected chi connectivity index (χ3v) is 4.38. The predicted octanol–water partition coefficient (Wildman–Crippen LogP) is 4.42. The van der Waals surface area contributed by atoms with Crippen LogP contribution in [0.3, 0.4) is 0 Å². The lowest BCUT2D eigenvalue weighted by molar-refractivity contribution is 0.0937. The van der Waals surface area contributed by atoms with Crippen molar-refractivity contribution in [3.63, 3.8) is 0 Å². The summed E-state index contributed by atoms with van der Waals surface area (Å²) in [6.45, 7) is 1.99. The van der Waals surface area contributed by atoms with Crippen LogP contribution in [0.25, 0.3) is 0 Å². The van der Waals surface area contributed by atoms with Gasteiger partial charge < -0.3 is 5.32 Å². The number of hydrogen-bond donors (Lipinski definition) is 1. The van der Waals surface area contributed by atoms with Gasteiger partial charge in [-0.2, -0.15) is 0 Å². The Morgan fingerprint density at radius 1 is 1.19 bits per heavy atom. The SMILES string of the molecule is CSc1ccccc1C(=O)NC(C)Cc1ccccc1Cl. The van der Waals surface area contributed by atoms with E-state index in [9.17, 15) is 4.79 Å². The van der Waals surface area contributed by atoms with Crippen molar-refractivity contribution in [1.82, 2.24) is 5.32 Å². The first-order valence-corrected chi connectivity index (χ1v) is 8.39. The second kappa shape index (κ2) is 7.53. The minimum Gasteiger partial charge on any atom is -0.349 e. The molecule has 0 radical (unpaired) electrons. The fourth-order valence-corrected chi connectivity index (χ4v) is 2.99. The van der Waals surface area contributed by atoms with Gasteiger partial charge in [0.2, 0.25) is 0 Å². The first-order chi connectivity index (χ1) is 10.1. The molecule has 0 saturated heterocycles. The fourth-order valence-electron chi connectivity index (χ4n) is 2.18. The zero-order chi connectivity index (χ0) is 15.2. The minimum atomic E-state index is -0.0421. The van der Waals surface area contributed by atoms with Gasteiger partial charge in [0.25, 0.3) is 5.91 Å². The molecule has 0 bridgehead atoms. The first-order valence-electron chi connectivity index (χ1n) is 6.79. The molecule has 1 amide bonds. The molecular weight excluding hydrogens is 302 g/mol. The van der Waals surface area contributed by atoms with Crippen LogP contribution in [0, 0.1) is 0 Å². The highest BCUT2D eigenvalue weighted by atomic mass is 35.5. The predicted molar refractivity (Wildman–Crippen MR) is 90.3 cm³/mol. The summed E-state index contributed by atoms with van der Waals surface area (Å²) in [6.07, 6.45) is 2.69. The number of nitrogens with one attached hydrogen (secondary N) is 1. The number of amides is 1. The summed E-state index contributed by atoms with van der Waals surface area (Å²) in [5.41, 5.74) is 1.76. The van der Waals surface area contributed by atoms with E-state index in [0.29, 0.717) is 6.42 Å². The summed E-state index contributed by atoms with van der Waals surface area (Å²) in [7, 11) is 0. The molecular formula is C17H18ClNOS. The van der Waals surface area contributed by atoms with Gasteiger partial charge in [-0.25, -0.2) is 0 Å². The summed E-state index contributed by atoms with van der Waals surface area (Å²) < 4.78 is 0. The van der Waals surface area contributed by atoms with E-state index in [1.165, 1.54) is 0 Å². The van der Waals surface area contributed by atoms with Crippen molar-refractivity contribution in [3.8, 4) is 0 Å². The number of halogens is 1. The van der Waals surface area contributed by atoms with Gasteiger partial charge in [-0.3, -0.25) is 4.79 Å². The van der Waals surface area contributed by atoms with Crippen molar-refractivity contribution >= 4 is 29.3 Å². The molecule has 0 aliphatic rings. The van der Waals surface area contributed by atoms with Crippen LogP contribution in [-0.4, -0.2) is 18.2 Å². The van der Waals surface area contributed by atoms with E-state index < -0.39 is 0 Å². The molecule has 0 aromatic heterocycles. The van der Waals surface area contributed by atoms with Gasteiger partial charge in [0.1, 0.15) is 0 Å². The Kier molecular flexibility index (Phi) is 5.71. The Hall–Kier alpha value is -1.45. The Balaban J connectivity index is 2.04. The van der Waals surface area contributed by atoms with Crippen LogP contribution < -0.4 is 5.32 Å². The number of benzene rings is 2. The van der Waals surface area contributed by atoms with Crippen LogP contribution >= 0.6 is 23.4 Å². The summed E-state index contributed by atoms with van der Waals surface area (Å²) in [4.78, 5) is 13.3. The first kappa shape index (κ1) is 15.9. The number of hydrogen-bond acceptors (Lipinski definition) is 2. The van der Waals surface area contributed by atoms with Crippen molar-refractivity contribution in [2.45, 2.75) is 24.3 Å². The molecule has 110 valence electrons. The lowest BCUT2D eigenvalue weighted by Gasteiger charge is -2.16. The molecule has 4 heteroatoms. The van der Waals surface area contributed by atoms with Crippen LogP contribution in [0.2, 0.25) is 5.02 Å². The largest absolute Gasteiger partial charge is 0.349 e. The highest BCUT2D eigenvalue weighted by Crippen LogP contribution is 2.20. The molecule has 0 saturated carbocycles. The maximum atomic E-state index is 12.4. The molecule has 0 aliphatic carbocycles. The lowest BCUT2D eigenvalue weighted by atomic mass is 10.1. The summed E-state index contributed by atoms with van der Waals surface area (Å²) in [6, 6.07) is 15.4. The maximum absolute atomic E-state index is 12.4. The molecule has 2 rings (SSSR count). The molecule has 2 nitrogen and oxygen atoms in total. The van der Waals surface area contributed by atoms with Gasteiger partial charge in [-0.05, 0) is 43.4 Å². The molecule has 1 unspecified atom stereocenters. The maximum Gasteiger partial charge on any atom is 0.252 e. The Labute approximate surface area is 134 Å². The molecule has 2 aromatic rings. The summed E-state index contributed by atoms with van der Waals surface area (Å²) in [5.74, 6) is -0.0421. The van der Waals surface area contributed by atoms with Crippen molar-refractivity contribution in [3.05, 3.63) is 64.7 Å². The van der Waals surface area contributed by atoms with Crippen LogP contribution in [0.1, 0.15) is 22.8 Å². The van der Waals surface area contributed by atoms with Crippen LogP contribution in [-0.2, 0) is 6.42 Å². The van der Waals surface area contributed by atoms with E-state index in [-0.39, 0.29) is 11.9 Å². The molecule has 0 fully saturated rings. The van der Waals surface area contributed by atoms with E-state index in [1.54, 1.807) is 11.8 Å². The molecule has 0 spiro atoms. The zero-order valence-corrected chi connectivity index (χ0v) is 13.7. The normalized spacial score (nSPS) is 12.0. The van der Waals surface area contributed by atoms with Gasteiger partial charge >= 0.3 is 0 Å². The summed E-state index contributed by atoms with van der Waals surface area (Å²) in [5, 5.41) is 3.77. The third kappa shape index (κ3) is 4.26. The topological polar surface area (TPSA) is 29.1 Å².